The Bertz CT molecular complexity index is 1100. The van der Waals surface area contributed by atoms with Crippen LogP contribution in [-0.4, -0.2) is 50.0 Å². The Morgan fingerprint density at radius 2 is 1.91 bits per heavy atom. The molecule has 3 heterocycles. The minimum atomic E-state index is -0.200. The maximum absolute atomic E-state index is 13.1. The first-order valence-electron chi connectivity index (χ1n) is 11.6. The average Bonchev–Trinajstić information content (AvgIpc) is 3.23. The van der Waals surface area contributed by atoms with E-state index >= 15 is 0 Å². The van der Waals surface area contributed by atoms with Crippen molar-refractivity contribution in [2.45, 2.75) is 52.6 Å². The highest BCUT2D eigenvalue weighted by Crippen LogP contribution is 2.19. The van der Waals surface area contributed by atoms with Gasteiger partial charge in [-0.15, -0.1) is 5.10 Å². The Labute approximate surface area is 193 Å². The Morgan fingerprint density at radius 1 is 1.18 bits per heavy atom. The van der Waals surface area contributed by atoms with Gasteiger partial charge in [0.1, 0.15) is 5.82 Å². The second-order valence-corrected chi connectivity index (χ2v) is 8.86. The van der Waals surface area contributed by atoms with E-state index in [1.165, 1.54) is 12.1 Å². The van der Waals surface area contributed by atoms with E-state index in [1.54, 1.807) is 4.52 Å². The number of carbonyl (C=O) groups is 1. The molecule has 0 aliphatic carbocycles. The van der Waals surface area contributed by atoms with Gasteiger partial charge in [-0.25, -0.2) is 13.9 Å². The van der Waals surface area contributed by atoms with Gasteiger partial charge in [-0.3, -0.25) is 9.69 Å². The summed E-state index contributed by atoms with van der Waals surface area (Å²) in [6.45, 7) is 7.72. The molecule has 8 nitrogen and oxygen atoms in total. The third-order valence-corrected chi connectivity index (χ3v) is 6.49. The number of hydrogen-bond acceptors (Lipinski definition) is 6. The van der Waals surface area contributed by atoms with Crippen LogP contribution in [0.3, 0.4) is 0 Å². The molecule has 1 aliphatic rings. The normalized spacial score (nSPS) is 15.3. The van der Waals surface area contributed by atoms with Gasteiger partial charge in [-0.05, 0) is 75.4 Å². The van der Waals surface area contributed by atoms with Crippen molar-refractivity contribution in [3.8, 4) is 0 Å². The molecule has 0 radical (unpaired) electrons. The van der Waals surface area contributed by atoms with Gasteiger partial charge in [-0.1, -0.05) is 12.1 Å². The third kappa shape index (κ3) is 5.72. The molecule has 0 saturated carbocycles. The number of carbonyl (C=O) groups excluding carboxylic acids is 1. The summed E-state index contributed by atoms with van der Waals surface area (Å²) in [5.74, 6) is 1.45. The van der Waals surface area contributed by atoms with Gasteiger partial charge in [0.25, 0.3) is 5.78 Å². The second kappa shape index (κ2) is 10.4. The predicted octanol–water partition coefficient (Wildman–Crippen LogP) is 2.30. The number of fused-ring (bicyclic) bond motifs is 1. The number of likely N-dealkylation sites (tertiary alicyclic amines) is 1. The first kappa shape index (κ1) is 23.3. The molecule has 4 rings (SSSR count). The van der Waals surface area contributed by atoms with Crippen LogP contribution < -0.4 is 11.1 Å². The lowest BCUT2D eigenvalue weighted by molar-refractivity contribution is -0.121. The molecule has 176 valence electrons. The second-order valence-electron chi connectivity index (χ2n) is 8.86. The fourth-order valence-electron chi connectivity index (χ4n) is 4.48. The number of amides is 1. The van der Waals surface area contributed by atoms with Crippen molar-refractivity contribution < 1.29 is 9.18 Å². The summed E-state index contributed by atoms with van der Waals surface area (Å²) in [5.41, 5.74) is 9.63. The van der Waals surface area contributed by atoms with E-state index in [1.807, 2.05) is 26.0 Å². The van der Waals surface area contributed by atoms with Crippen LogP contribution in [0.15, 0.2) is 24.3 Å². The van der Waals surface area contributed by atoms with Crippen molar-refractivity contribution in [3.05, 3.63) is 58.4 Å². The SMILES string of the molecule is Cc1nc2nc(CN)nn2c(C)c1CCC(=O)NCC1CCN(Cc2ccc(F)cc2)CC1. The largest absolute Gasteiger partial charge is 0.356 e. The summed E-state index contributed by atoms with van der Waals surface area (Å²) in [5, 5.41) is 7.50. The fourth-order valence-corrected chi connectivity index (χ4v) is 4.48. The number of piperidine rings is 1. The van der Waals surface area contributed by atoms with Crippen LogP contribution in [0.4, 0.5) is 4.39 Å². The van der Waals surface area contributed by atoms with Crippen molar-refractivity contribution in [2.75, 3.05) is 19.6 Å². The van der Waals surface area contributed by atoms with Crippen LogP contribution in [0.2, 0.25) is 0 Å². The number of hydrogen-bond donors (Lipinski definition) is 2. The number of halogens is 1. The molecule has 0 atom stereocenters. The van der Waals surface area contributed by atoms with Crippen molar-refractivity contribution >= 4 is 11.7 Å². The zero-order valence-corrected chi connectivity index (χ0v) is 19.4. The molecule has 0 unspecified atom stereocenters. The molecule has 1 aliphatic heterocycles. The number of nitrogens with two attached hydrogens (primary N) is 1. The van der Waals surface area contributed by atoms with Crippen LogP contribution >= 0.6 is 0 Å². The Kier molecular flexibility index (Phi) is 7.29. The van der Waals surface area contributed by atoms with Crippen molar-refractivity contribution in [3.63, 3.8) is 0 Å². The molecular weight excluding hydrogens is 421 g/mol. The molecule has 1 aromatic carbocycles. The molecule has 0 bridgehead atoms. The van der Waals surface area contributed by atoms with Crippen LogP contribution in [-0.2, 0) is 24.3 Å². The summed E-state index contributed by atoms with van der Waals surface area (Å²) >= 11 is 0. The smallest absolute Gasteiger partial charge is 0.252 e. The average molecular weight is 454 g/mol. The molecule has 1 saturated heterocycles. The monoisotopic (exact) mass is 453 g/mol. The number of benzene rings is 1. The molecule has 1 amide bonds. The molecule has 1 fully saturated rings. The lowest BCUT2D eigenvalue weighted by Crippen LogP contribution is -2.38. The Hall–Kier alpha value is -2.91. The highest BCUT2D eigenvalue weighted by Gasteiger charge is 2.20. The van der Waals surface area contributed by atoms with Crippen molar-refractivity contribution in [1.82, 2.24) is 29.8 Å². The van der Waals surface area contributed by atoms with Crippen LogP contribution in [0.25, 0.3) is 5.78 Å². The van der Waals surface area contributed by atoms with Gasteiger partial charge in [-0.2, -0.15) is 4.98 Å². The molecule has 33 heavy (non-hydrogen) atoms. The highest BCUT2D eigenvalue weighted by atomic mass is 19.1. The summed E-state index contributed by atoms with van der Waals surface area (Å²) in [6, 6.07) is 6.72. The number of nitrogens with zero attached hydrogens (tertiary/aromatic N) is 5. The van der Waals surface area contributed by atoms with Crippen molar-refractivity contribution in [2.24, 2.45) is 11.7 Å². The quantitative estimate of drug-likeness (QED) is 0.543. The minimum Gasteiger partial charge on any atom is -0.356 e. The van der Waals surface area contributed by atoms with E-state index in [0.717, 1.165) is 55.0 Å². The van der Waals surface area contributed by atoms with E-state index in [4.69, 9.17) is 5.73 Å². The minimum absolute atomic E-state index is 0.0591. The lowest BCUT2D eigenvalue weighted by Gasteiger charge is -2.32. The summed E-state index contributed by atoms with van der Waals surface area (Å²) in [6.07, 6.45) is 3.13. The molecule has 3 N–H and O–H groups in total. The summed E-state index contributed by atoms with van der Waals surface area (Å²) in [7, 11) is 0. The number of aryl methyl sites for hydroxylation is 2. The first-order valence-corrected chi connectivity index (χ1v) is 11.6. The first-order chi connectivity index (χ1) is 15.9. The molecule has 9 heteroatoms. The predicted molar refractivity (Wildman–Crippen MR) is 124 cm³/mol. The van der Waals surface area contributed by atoms with Gasteiger partial charge in [0.05, 0.1) is 6.54 Å². The van der Waals surface area contributed by atoms with E-state index in [0.29, 0.717) is 36.9 Å². The van der Waals surface area contributed by atoms with Crippen LogP contribution in [0.5, 0.6) is 0 Å². The van der Waals surface area contributed by atoms with E-state index < -0.39 is 0 Å². The number of nitrogens with one attached hydrogen (secondary N) is 1. The topological polar surface area (TPSA) is 101 Å². The molecule has 2 aromatic heterocycles. The zero-order chi connectivity index (χ0) is 23.4. The summed E-state index contributed by atoms with van der Waals surface area (Å²) < 4.78 is 14.8. The van der Waals surface area contributed by atoms with E-state index in [2.05, 4.69) is 25.3 Å². The molecule has 3 aromatic rings. The van der Waals surface area contributed by atoms with Crippen LogP contribution in [0, 0.1) is 25.6 Å². The maximum atomic E-state index is 13.1. The van der Waals surface area contributed by atoms with Gasteiger partial charge >= 0.3 is 0 Å². The van der Waals surface area contributed by atoms with E-state index in [-0.39, 0.29) is 18.3 Å². The van der Waals surface area contributed by atoms with Gasteiger partial charge in [0, 0.05) is 30.9 Å². The maximum Gasteiger partial charge on any atom is 0.252 e. The third-order valence-electron chi connectivity index (χ3n) is 6.49. The fraction of sp³-hybridized carbons (Fsp3) is 0.500. The Balaban J connectivity index is 1.22. The highest BCUT2D eigenvalue weighted by molar-refractivity contribution is 5.76. The number of aromatic nitrogens is 4. The van der Waals surface area contributed by atoms with Gasteiger partial charge in [0.15, 0.2) is 5.82 Å². The zero-order valence-electron chi connectivity index (χ0n) is 19.4. The Morgan fingerprint density at radius 3 is 2.61 bits per heavy atom. The van der Waals surface area contributed by atoms with Crippen molar-refractivity contribution in [1.29, 1.82) is 0 Å². The van der Waals surface area contributed by atoms with E-state index in [9.17, 15) is 9.18 Å². The molecular formula is C24H32FN7O. The van der Waals surface area contributed by atoms with Crippen LogP contribution in [0.1, 0.15) is 47.6 Å². The summed E-state index contributed by atoms with van der Waals surface area (Å²) in [4.78, 5) is 23.7. The lowest BCUT2D eigenvalue weighted by atomic mass is 9.96. The standard InChI is InChI=1S/C24H32FN7O/c1-16-21(17(2)32-24(28-16)29-22(13-26)30-32)7-8-23(33)27-14-18-9-11-31(12-10-18)15-19-3-5-20(25)6-4-19/h3-6,18H,7-15,26H2,1-2H3,(H,27,33). The number of rotatable bonds is 8. The molecule has 0 spiro atoms. The van der Waals surface area contributed by atoms with Gasteiger partial charge < -0.3 is 11.1 Å². The van der Waals surface area contributed by atoms with Gasteiger partial charge in [0.2, 0.25) is 5.91 Å².